The van der Waals surface area contributed by atoms with Crippen molar-refractivity contribution in [3.63, 3.8) is 0 Å². The number of benzene rings is 1. The second-order valence-electron chi connectivity index (χ2n) is 8.01. The number of esters is 1. The number of carbonyl (C=O) groups is 2. The molecule has 1 aromatic rings. The quantitative estimate of drug-likeness (QED) is 0.474. The molecule has 27 heavy (non-hydrogen) atoms. The summed E-state index contributed by atoms with van der Waals surface area (Å²) >= 11 is 0. The lowest BCUT2D eigenvalue weighted by molar-refractivity contribution is -0.137. The van der Waals surface area contributed by atoms with Crippen LogP contribution >= 0.6 is 0 Å². The Morgan fingerprint density at radius 2 is 2.19 bits per heavy atom. The van der Waals surface area contributed by atoms with Crippen LogP contribution < -0.4 is 5.32 Å². The standard InChI is InChI=1S/C22H30N2O3/c1-5-16-13-24-11-10-22(3,18-8-6-7-9-19(18)23-14-25)20(24)12-17(16)15(2)21(26)27-4/h6-9,14,16-17,20H,2,5,10-13H2,1,3-4H3,(H,23,25). The monoisotopic (exact) mass is 370 g/mol. The summed E-state index contributed by atoms with van der Waals surface area (Å²) in [4.78, 5) is 25.8. The largest absolute Gasteiger partial charge is 0.466 e. The van der Waals surface area contributed by atoms with Crippen LogP contribution in [0, 0.1) is 11.8 Å². The van der Waals surface area contributed by atoms with Crippen molar-refractivity contribution in [3.05, 3.63) is 42.0 Å². The molecule has 2 aliphatic heterocycles. The Bertz CT molecular complexity index is 732. The number of para-hydroxylation sites is 1. The zero-order chi connectivity index (χ0) is 19.6. The molecule has 1 amide bonds. The Morgan fingerprint density at radius 1 is 1.44 bits per heavy atom. The molecular weight excluding hydrogens is 340 g/mol. The summed E-state index contributed by atoms with van der Waals surface area (Å²) in [5.74, 6) is 0.250. The molecular formula is C22H30N2O3. The molecule has 0 spiro atoms. The van der Waals surface area contributed by atoms with Crippen molar-refractivity contribution in [1.29, 1.82) is 0 Å². The summed E-state index contributed by atoms with van der Waals surface area (Å²) < 4.78 is 4.96. The minimum Gasteiger partial charge on any atom is -0.466 e. The number of carbonyl (C=O) groups excluding carboxylic acids is 2. The molecule has 0 saturated carbocycles. The number of hydrogen-bond donors (Lipinski definition) is 1. The van der Waals surface area contributed by atoms with Gasteiger partial charge in [0.05, 0.1) is 7.11 Å². The molecule has 1 N–H and O–H groups in total. The average molecular weight is 370 g/mol. The van der Waals surface area contributed by atoms with Gasteiger partial charge in [-0.15, -0.1) is 0 Å². The number of piperidine rings is 1. The fourth-order valence-electron chi connectivity index (χ4n) is 5.20. The minimum absolute atomic E-state index is 0.0834. The number of rotatable bonds is 6. The molecule has 0 bridgehead atoms. The number of methoxy groups -OCH3 is 1. The number of fused-ring (bicyclic) bond motifs is 1. The van der Waals surface area contributed by atoms with Crippen LogP contribution in [0.2, 0.25) is 0 Å². The van der Waals surface area contributed by atoms with Crippen molar-refractivity contribution in [2.24, 2.45) is 11.8 Å². The maximum absolute atomic E-state index is 12.2. The maximum atomic E-state index is 12.2. The second kappa shape index (κ2) is 7.85. The number of ether oxygens (including phenoxy) is 1. The SMILES string of the molecule is C=C(C(=O)OC)C1CC2N(CCC2(C)c2ccccc2NC=O)CC1CC. The number of nitrogens with one attached hydrogen (secondary N) is 1. The summed E-state index contributed by atoms with van der Waals surface area (Å²) in [5, 5.41) is 2.86. The van der Waals surface area contributed by atoms with Crippen molar-refractivity contribution in [3.8, 4) is 0 Å². The van der Waals surface area contributed by atoms with E-state index < -0.39 is 0 Å². The van der Waals surface area contributed by atoms with Crippen molar-refractivity contribution in [2.75, 3.05) is 25.5 Å². The molecule has 146 valence electrons. The molecule has 3 rings (SSSR count). The highest BCUT2D eigenvalue weighted by Crippen LogP contribution is 2.49. The number of amides is 1. The molecule has 4 atom stereocenters. The van der Waals surface area contributed by atoms with E-state index in [1.807, 2.05) is 18.2 Å². The molecule has 0 aliphatic carbocycles. The van der Waals surface area contributed by atoms with Gasteiger partial charge in [0.1, 0.15) is 0 Å². The van der Waals surface area contributed by atoms with E-state index in [-0.39, 0.29) is 17.3 Å². The minimum atomic E-state index is -0.297. The van der Waals surface area contributed by atoms with Gasteiger partial charge >= 0.3 is 5.97 Å². The Morgan fingerprint density at radius 3 is 2.85 bits per heavy atom. The zero-order valence-corrected chi connectivity index (χ0v) is 16.5. The number of anilines is 1. The van der Waals surface area contributed by atoms with Gasteiger partial charge in [0.15, 0.2) is 0 Å². The molecule has 2 fully saturated rings. The first kappa shape index (κ1) is 19.6. The Kier molecular flexibility index (Phi) is 5.70. The van der Waals surface area contributed by atoms with Crippen LogP contribution in [0.5, 0.6) is 0 Å². The molecule has 5 nitrogen and oxygen atoms in total. The van der Waals surface area contributed by atoms with Gasteiger partial charge in [-0.3, -0.25) is 9.69 Å². The van der Waals surface area contributed by atoms with Crippen molar-refractivity contribution in [1.82, 2.24) is 4.90 Å². The molecule has 2 heterocycles. The van der Waals surface area contributed by atoms with E-state index in [1.54, 1.807) is 0 Å². The highest BCUT2D eigenvalue weighted by Gasteiger charge is 2.51. The van der Waals surface area contributed by atoms with Crippen molar-refractivity contribution < 1.29 is 14.3 Å². The third-order valence-corrected chi connectivity index (χ3v) is 6.79. The van der Waals surface area contributed by atoms with Crippen molar-refractivity contribution in [2.45, 2.75) is 44.6 Å². The average Bonchev–Trinajstić information content (AvgIpc) is 3.03. The molecule has 5 heteroatoms. The lowest BCUT2D eigenvalue weighted by atomic mass is 9.67. The fraction of sp³-hybridized carbons (Fsp3) is 0.545. The van der Waals surface area contributed by atoms with E-state index in [9.17, 15) is 9.59 Å². The topological polar surface area (TPSA) is 58.6 Å². The van der Waals surface area contributed by atoms with Gasteiger partial charge in [-0.25, -0.2) is 4.79 Å². The van der Waals surface area contributed by atoms with Crippen LogP contribution in [0.3, 0.4) is 0 Å². The smallest absolute Gasteiger partial charge is 0.333 e. The molecule has 0 radical (unpaired) electrons. The van der Waals surface area contributed by atoms with Gasteiger partial charge in [0, 0.05) is 29.3 Å². The molecule has 2 saturated heterocycles. The van der Waals surface area contributed by atoms with E-state index >= 15 is 0 Å². The maximum Gasteiger partial charge on any atom is 0.333 e. The first-order valence-electron chi connectivity index (χ1n) is 9.77. The van der Waals surface area contributed by atoms with Crippen LogP contribution in [0.25, 0.3) is 0 Å². The summed E-state index contributed by atoms with van der Waals surface area (Å²) in [7, 11) is 1.42. The Labute approximate surface area is 161 Å². The lowest BCUT2D eigenvalue weighted by Gasteiger charge is -2.46. The van der Waals surface area contributed by atoms with Crippen LogP contribution in [0.4, 0.5) is 5.69 Å². The van der Waals surface area contributed by atoms with E-state index in [2.05, 4.69) is 36.7 Å². The van der Waals surface area contributed by atoms with Gasteiger partial charge in [-0.1, -0.05) is 45.0 Å². The van der Waals surface area contributed by atoms with Gasteiger partial charge in [-0.05, 0) is 42.9 Å². The first-order chi connectivity index (χ1) is 13.0. The van der Waals surface area contributed by atoms with E-state index in [0.29, 0.717) is 17.5 Å². The first-order valence-corrected chi connectivity index (χ1v) is 9.77. The van der Waals surface area contributed by atoms with E-state index in [4.69, 9.17) is 4.74 Å². The predicted octanol–water partition coefficient (Wildman–Crippen LogP) is 3.36. The number of nitrogens with zero attached hydrogens (tertiary/aromatic N) is 1. The number of hydrogen-bond acceptors (Lipinski definition) is 4. The van der Waals surface area contributed by atoms with E-state index in [0.717, 1.165) is 44.4 Å². The van der Waals surface area contributed by atoms with Crippen LogP contribution in [-0.4, -0.2) is 43.5 Å². The summed E-state index contributed by atoms with van der Waals surface area (Å²) in [5.41, 5.74) is 2.55. The summed E-state index contributed by atoms with van der Waals surface area (Å²) in [6.45, 7) is 10.5. The van der Waals surface area contributed by atoms with Gasteiger partial charge in [0.25, 0.3) is 0 Å². The zero-order valence-electron chi connectivity index (χ0n) is 16.5. The van der Waals surface area contributed by atoms with Gasteiger partial charge in [-0.2, -0.15) is 0 Å². The summed E-state index contributed by atoms with van der Waals surface area (Å²) in [6, 6.07) is 8.36. The summed E-state index contributed by atoms with van der Waals surface area (Å²) in [6.07, 6.45) is 3.68. The molecule has 2 aliphatic rings. The third kappa shape index (κ3) is 3.41. The normalized spacial score (nSPS) is 30.4. The Hall–Kier alpha value is -2.14. The van der Waals surface area contributed by atoms with E-state index in [1.165, 1.54) is 12.7 Å². The lowest BCUT2D eigenvalue weighted by Crippen LogP contribution is -2.50. The second-order valence-corrected chi connectivity index (χ2v) is 8.01. The van der Waals surface area contributed by atoms with Gasteiger partial charge < -0.3 is 10.1 Å². The van der Waals surface area contributed by atoms with Crippen LogP contribution in [0.1, 0.15) is 38.7 Å². The molecule has 4 unspecified atom stereocenters. The van der Waals surface area contributed by atoms with Crippen molar-refractivity contribution >= 4 is 18.1 Å². The Balaban J connectivity index is 1.94. The van der Waals surface area contributed by atoms with Gasteiger partial charge in [0.2, 0.25) is 6.41 Å². The fourth-order valence-corrected chi connectivity index (χ4v) is 5.20. The highest BCUT2D eigenvalue weighted by atomic mass is 16.5. The third-order valence-electron chi connectivity index (χ3n) is 6.79. The molecule has 0 aromatic heterocycles. The van der Waals surface area contributed by atoms with Crippen LogP contribution in [0.15, 0.2) is 36.4 Å². The van der Waals surface area contributed by atoms with Crippen LogP contribution in [-0.2, 0) is 19.7 Å². The highest BCUT2D eigenvalue weighted by molar-refractivity contribution is 5.88. The molecule has 1 aromatic carbocycles. The predicted molar refractivity (Wildman–Crippen MR) is 107 cm³/mol.